The predicted molar refractivity (Wildman–Crippen MR) is 50.2 cm³/mol. The molecule has 1 radical (unpaired) electrons. The quantitative estimate of drug-likeness (QED) is 0.609. The van der Waals surface area contributed by atoms with Crippen molar-refractivity contribution in [1.82, 2.24) is 10.6 Å². The SMILES string of the molecule is CCCC[N]C(=O)NCCCC. The summed E-state index contributed by atoms with van der Waals surface area (Å²) in [7, 11) is 0. The molecule has 0 heterocycles. The first kappa shape index (κ1) is 11.3. The van der Waals surface area contributed by atoms with E-state index in [4.69, 9.17) is 0 Å². The fourth-order valence-electron chi connectivity index (χ4n) is 0.767. The molecule has 3 nitrogen and oxygen atoms in total. The van der Waals surface area contributed by atoms with E-state index >= 15 is 0 Å². The number of hydrogen-bond acceptors (Lipinski definition) is 1. The lowest BCUT2D eigenvalue weighted by molar-refractivity contribution is 0.240. The molecule has 3 heteroatoms. The average Bonchev–Trinajstić information content (AvgIpc) is 2.06. The molecule has 0 aromatic rings. The second kappa shape index (κ2) is 8.37. The lowest BCUT2D eigenvalue weighted by atomic mass is 10.3. The molecule has 1 N–H and O–H groups in total. The van der Waals surface area contributed by atoms with Crippen LogP contribution in [0.25, 0.3) is 0 Å². The Morgan fingerprint density at radius 2 is 1.92 bits per heavy atom. The van der Waals surface area contributed by atoms with E-state index in [0.29, 0.717) is 6.54 Å². The van der Waals surface area contributed by atoms with Crippen molar-refractivity contribution in [2.24, 2.45) is 0 Å². The van der Waals surface area contributed by atoms with Gasteiger partial charge in [-0.25, -0.2) is 10.1 Å². The standard InChI is InChI=1S/C9H19N2O/c1-3-5-7-10-9(12)11-8-6-4-2/h3-8H2,1-2H3,(H,10,12). The number of rotatable bonds is 6. The van der Waals surface area contributed by atoms with Crippen LogP contribution in [0.4, 0.5) is 4.79 Å². The molecule has 0 spiro atoms. The lowest BCUT2D eigenvalue weighted by Gasteiger charge is -2.02. The molecule has 0 aromatic carbocycles. The van der Waals surface area contributed by atoms with E-state index in [2.05, 4.69) is 24.5 Å². The molecule has 12 heavy (non-hydrogen) atoms. The molecular weight excluding hydrogens is 152 g/mol. The van der Waals surface area contributed by atoms with Crippen molar-refractivity contribution in [1.29, 1.82) is 0 Å². The Bertz CT molecular complexity index is 103. The number of nitrogens with zero attached hydrogens (tertiary/aromatic N) is 1. The molecule has 2 amide bonds. The van der Waals surface area contributed by atoms with Crippen molar-refractivity contribution in [3.8, 4) is 0 Å². The zero-order chi connectivity index (χ0) is 9.23. The van der Waals surface area contributed by atoms with Crippen LogP contribution in [0.1, 0.15) is 39.5 Å². The molecule has 0 bridgehead atoms. The maximum Gasteiger partial charge on any atom is 0.336 e. The fraction of sp³-hybridized carbons (Fsp3) is 0.889. The first-order valence-corrected chi connectivity index (χ1v) is 4.76. The first-order chi connectivity index (χ1) is 5.81. The minimum absolute atomic E-state index is 0.156. The molecule has 0 aliphatic rings. The van der Waals surface area contributed by atoms with Gasteiger partial charge in [0.05, 0.1) is 0 Å². The smallest absolute Gasteiger partial charge is 0.336 e. The summed E-state index contributed by atoms with van der Waals surface area (Å²) in [6.07, 6.45) is 4.23. The summed E-state index contributed by atoms with van der Waals surface area (Å²) in [5, 5.41) is 6.57. The van der Waals surface area contributed by atoms with Crippen molar-refractivity contribution < 1.29 is 4.79 Å². The minimum Gasteiger partial charge on any atom is -0.337 e. The van der Waals surface area contributed by atoms with Crippen LogP contribution in [0, 0.1) is 0 Å². The van der Waals surface area contributed by atoms with Crippen LogP contribution in [0.3, 0.4) is 0 Å². The van der Waals surface area contributed by atoms with Gasteiger partial charge in [-0.05, 0) is 12.8 Å². The molecule has 0 fully saturated rings. The van der Waals surface area contributed by atoms with E-state index in [1.807, 2.05) is 0 Å². The van der Waals surface area contributed by atoms with Gasteiger partial charge in [-0.1, -0.05) is 26.7 Å². The Hall–Kier alpha value is -0.730. The highest BCUT2D eigenvalue weighted by molar-refractivity contribution is 5.73. The number of urea groups is 1. The third kappa shape index (κ3) is 7.38. The predicted octanol–water partition coefficient (Wildman–Crippen LogP) is 1.90. The van der Waals surface area contributed by atoms with Gasteiger partial charge in [-0.2, -0.15) is 0 Å². The van der Waals surface area contributed by atoms with Gasteiger partial charge in [0.1, 0.15) is 0 Å². The van der Waals surface area contributed by atoms with Crippen molar-refractivity contribution in [3.05, 3.63) is 0 Å². The molecule has 0 aliphatic carbocycles. The summed E-state index contributed by atoms with van der Waals surface area (Å²) in [5.41, 5.74) is 0. The van der Waals surface area contributed by atoms with Crippen LogP contribution in [-0.4, -0.2) is 19.1 Å². The number of carbonyl (C=O) groups is 1. The van der Waals surface area contributed by atoms with Gasteiger partial charge in [0.25, 0.3) is 0 Å². The van der Waals surface area contributed by atoms with Crippen molar-refractivity contribution >= 4 is 6.03 Å². The molecule has 0 saturated heterocycles. The summed E-state index contributed by atoms with van der Waals surface area (Å²) in [4.78, 5) is 10.9. The summed E-state index contributed by atoms with van der Waals surface area (Å²) in [6.45, 7) is 5.60. The van der Waals surface area contributed by atoms with E-state index in [0.717, 1.165) is 32.2 Å². The van der Waals surface area contributed by atoms with Gasteiger partial charge in [-0.3, -0.25) is 0 Å². The summed E-state index contributed by atoms with van der Waals surface area (Å²) >= 11 is 0. The highest BCUT2D eigenvalue weighted by Crippen LogP contribution is 1.85. The van der Waals surface area contributed by atoms with Crippen molar-refractivity contribution in [3.63, 3.8) is 0 Å². The Balaban J connectivity index is 3.10. The van der Waals surface area contributed by atoms with E-state index in [-0.39, 0.29) is 6.03 Å². The van der Waals surface area contributed by atoms with Crippen molar-refractivity contribution in [2.75, 3.05) is 13.1 Å². The average molecular weight is 171 g/mol. The minimum atomic E-state index is -0.156. The van der Waals surface area contributed by atoms with Gasteiger partial charge in [0, 0.05) is 13.1 Å². The maximum atomic E-state index is 10.9. The summed E-state index contributed by atoms with van der Waals surface area (Å²) in [6, 6.07) is -0.156. The Kier molecular flexibility index (Phi) is 7.86. The third-order valence-corrected chi connectivity index (χ3v) is 1.57. The van der Waals surface area contributed by atoms with Gasteiger partial charge in [0.2, 0.25) is 0 Å². The highest BCUT2D eigenvalue weighted by atomic mass is 16.2. The maximum absolute atomic E-state index is 10.9. The van der Waals surface area contributed by atoms with Crippen LogP contribution in [0.15, 0.2) is 0 Å². The molecule has 0 aromatic heterocycles. The monoisotopic (exact) mass is 171 g/mol. The molecule has 0 atom stereocenters. The summed E-state index contributed by atoms with van der Waals surface area (Å²) < 4.78 is 0. The first-order valence-electron chi connectivity index (χ1n) is 4.76. The van der Waals surface area contributed by atoms with Crippen molar-refractivity contribution in [2.45, 2.75) is 39.5 Å². The molecule has 0 unspecified atom stereocenters. The van der Waals surface area contributed by atoms with Crippen LogP contribution in [-0.2, 0) is 0 Å². The Morgan fingerprint density at radius 3 is 2.50 bits per heavy atom. The zero-order valence-corrected chi connectivity index (χ0v) is 8.10. The van der Waals surface area contributed by atoms with Crippen LogP contribution >= 0.6 is 0 Å². The van der Waals surface area contributed by atoms with Crippen LogP contribution in [0.5, 0.6) is 0 Å². The van der Waals surface area contributed by atoms with Gasteiger partial charge in [0.15, 0.2) is 0 Å². The second-order valence-electron chi connectivity index (χ2n) is 2.82. The topological polar surface area (TPSA) is 43.2 Å². The molecule has 0 rings (SSSR count). The van der Waals surface area contributed by atoms with Gasteiger partial charge >= 0.3 is 6.03 Å². The zero-order valence-electron chi connectivity index (χ0n) is 8.10. The van der Waals surface area contributed by atoms with Crippen LogP contribution in [0.2, 0.25) is 0 Å². The van der Waals surface area contributed by atoms with Crippen LogP contribution < -0.4 is 10.6 Å². The number of carbonyl (C=O) groups excluding carboxylic acids is 1. The van der Waals surface area contributed by atoms with Gasteiger partial charge in [-0.15, -0.1) is 0 Å². The molecule has 71 valence electrons. The number of unbranched alkanes of at least 4 members (excludes halogenated alkanes) is 2. The number of nitrogens with one attached hydrogen (secondary N) is 1. The second-order valence-corrected chi connectivity index (χ2v) is 2.82. The highest BCUT2D eigenvalue weighted by Gasteiger charge is 1.98. The van der Waals surface area contributed by atoms with E-state index in [1.165, 1.54) is 0 Å². The lowest BCUT2D eigenvalue weighted by Crippen LogP contribution is -2.31. The number of amides is 2. The van der Waals surface area contributed by atoms with E-state index in [9.17, 15) is 4.79 Å². The van der Waals surface area contributed by atoms with E-state index < -0.39 is 0 Å². The molecular formula is C9H19N2O. The fourth-order valence-corrected chi connectivity index (χ4v) is 0.767. The van der Waals surface area contributed by atoms with Gasteiger partial charge < -0.3 is 5.32 Å². The molecule has 0 saturated carbocycles. The largest absolute Gasteiger partial charge is 0.337 e. The Morgan fingerprint density at radius 1 is 1.25 bits per heavy atom. The third-order valence-electron chi connectivity index (χ3n) is 1.57. The Labute approximate surface area is 74.9 Å². The molecule has 0 aliphatic heterocycles. The van der Waals surface area contributed by atoms with E-state index in [1.54, 1.807) is 0 Å². The summed E-state index contributed by atoms with van der Waals surface area (Å²) in [5.74, 6) is 0. The number of hydrogen-bond donors (Lipinski definition) is 1. The normalized spacial score (nSPS) is 9.50.